The number of carbonyl (C=O) groups is 2. The van der Waals surface area contributed by atoms with Gasteiger partial charge in [0.05, 0.1) is 17.7 Å². The van der Waals surface area contributed by atoms with Crippen molar-refractivity contribution < 1.29 is 24.2 Å². The Morgan fingerprint density at radius 3 is 2.71 bits per heavy atom. The van der Waals surface area contributed by atoms with Crippen molar-refractivity contribution in [1.82, 2.24) is 4.90 Å². The molecule has 2 aromatic carbocycles. The van der Waals surface area contributed by atoms with Crippen LogP contribution in [-0.2, 0) is 16.0 Å². The summed E-state index contributed by atoms with van der Waals surface area (Å²) < 4.78 is 11.6. The number of aliphatic hydroxyl groups excluding tert-OH is 1. The highest BCUT2D eigenvalue weighted by Gasteiger charge is 2.46. The lowest BCUT2D eigenvalue weighted by atomic mass is 9.94. The van der Waals surface area contributed by atoms with Gasteiger partial charge in [-0.25, -0.2) is 0 Å². The lowest BCUT2D eigenvalue weighted by Crippen LogP contribution is -2.30. The Bertz CT molecular complexity index is 1120. The Balaban J connectivity index is 1.80. The van der Waals surface area contributed by atoms with Gasteiger partial charge >= 0.3 is 0 Å². The lowest BCUT2D eigenvalue weighted by Gasteiger charge is -2.26. The van der Waals surface area contributed by atoms with Crippen LogP contribution in [0.15, 0.2) is 48.0 Å². The van der Waals surface area contributed by atoms with Crippen molar-refractivity contribution in [3.63, 3.8) is 0 Å². The van der Waals surface area contributed by atoms with Gasteiger partial charge in [-0.05, 0) is 68.7 Å². The van der Waals surface area contributed by atoms with E-state index in [0.717, 1.165) is 42.6 Å². The number of amides is 1. The number of Topliss-reactive ketones (excluding diaryl/α,β-unsaturated/α-hetero) is 1. The van der Waals surface area contributed by atoms with Crippen LogP contribution in [0, 0.1) is 0 Å². The zero-order chi connectivity index (χ0) is 24.4. The maximum Gasteiger partial charge on any atom is 0.295 e. The Morgan fingerprint density at radius 2 is 1.97 bits per heavy atom. The smallest absolute Gasteiger partial charge is 0.295 e. The molecule has 6 heteroatoms. The van der Waals surface area contributed by atoms with Crippen LogP contribution in [-0.4, -0.2) is 40.4 Å². The summed E-state index contributed by atoms with van der Waals surface area (Å²) >= 11 is 0. The molecule has 1 saturated heterocycles. The standard InChI is InChI=1S/C28H33NO5/c1-5-6-7-13-29-25(19-9-8-10-22(16-19)33-17(2)3)24(27(31)28(29)32)26(30)20-11-12-23-21(15-20)14-18(4)34-23/h8-12,15-18,25,30H,5-7,13-14H2,1-4H3/b26-24-. The Labute approximate surface area is 201 Å². The molecule has 2 heterocycles. The number of hydrogen-bond acceptors (Lipinski definition) is 5. The van der Waals surface area contributed by atoms with Crippen molar-refractivity contribution in [2.45, 2.75) is 71.6 Å². The molecule has 1 N–H and O–H groups in total. The number of ether oxygens (including phenoxy) is 2. The molecule has 0 aliphatic carbocycles. The number of hydrogen-bond donors (Lipinski definition) is 1. The largest absolute Gasteiger partial charge is 0.507 e. The second kappa shape index (κ2) is 9.92. The number of ketones is 1. The van der Waals surface area contributed by atoms with Crippen LogP contribution in [0.2, 0.25) is 0 Å². The van der Waals surface area contributed by atoms with E-state index in [1.807, 2.05) is 57.2 Å². The summed E-state index contributed by atoms with van der Waals surface area (Å²) in [7, 11) is 0. The van der Waals surface area contributed by atoms with Crippen molar-refractivity contribution in [3.8, 4) is 11.5 Å². The average molecular weight is 464 g/mol. The van der Waals surface area contributed by atoms with E-state index in [4.69, 9.17) is 9.47 Å². The van der Waals surface area contributed by atoms with Crippen LogP contribution < -0.4 is 9.47 Å². The molecule has 2 aromatic rings. The summed E-state index contributed by atoms with van der Waals surface area (Å²) in [6.45, 7) is 8.43. The molecule has 0 saturated carbocycles. The van der Waals surface area contributed by atoms with Crippen LogP contribution in [0.4, 0.5) is 0 Å². The summed E-state index contributed by atoms with van der Waals surface area (Å²) in [5, 5.41) is 11.3. The molecule has 2 aliphatic rings. The number of aliphatic hydroxyl groups is 1. The van der Waals surface area contributed by atoms with Gasteiger partial charge in [-0.2, -0.15) is 0 Å². The average Bonchev–Trinajstić information content (AvgIpc) is 3.29. The molecule has 180 valence electrons. The quantitative estimate of drug-likeness (QED) is 0.245. The van der Waals surface area contributed by atoms with Gasteiger partial charge in [0.25, 0.3) is 11.7 Å². The third-order valence-corrected chi connectivity index (χ3v) is 6.26. The molecule has 2 atom stereocenters. The molecular formula is C28H33NO5. The Morgan fingerprint density at radius 1 is 1.18 bits per heavy atom. The highest BCUT2D eigenvalue weighted by molar-refractivity contribution is 6.46. The van der Waals surface area contributed by atoms with Crippen LogP contribution in [0.3, 0.4) is 0 Å². The highest BCUT2D eigenvalue weighted by atomic mass is 16.5. The van der Waals surface area contributed by atoms with Crippen molar-refractivity contribution in [2.24, 2.45) is 0 Å². The molecule has 0 aromatic heterocycles. The fourth-order valence-corrected chi connectivity index (χ4v) is 4.74. The minimum atomic E-state index is -0.670. The molecule has 0 radical (unpaired) electrons. The van der Waals surface area contributed by atoms with E-state index in [1.165, 1.54) is 0 Å². The topological polar surface area (TPSA) is 76.1 Å². The highest BCUT2D eigenvalue weighted by Crippen LogP contribution is 2.41. The minimum absolute atomic E-state index is 0.0119. The third kappa shape index (κ3) is 4.67. The molecule has 34 heavy (non-hydrogen) atoms. The third-order valence-electron chi connectivity index (χ3n) is 6.26. The van der Waals surface area contributed by atoms with Gasteiger partial charge < -0.3 is 19.5 Å². The molecule has 1 amide bonds. The van der Waals surface area contributed by atoms with E-state index in [0.29, 0.717) is 17.9 Å². The van der Waals surface area contributed by atoms with Crippen LogP contribution in [0.1, 0.15) is 69.7 Å². The van der Waals surface area contributed by atoms with E-state index >= 15 is 0 Å². The SMILES string of the molecule is CCCCCN1C(=O)C(=O)/C(=C(\O)c2ccc3c(c2)CC(C)O3)C1c1cccc(OC(C)C)c1. The maximum absolute atomic E-state index is 13.2. The van der Waals surface area contributed by atoms with Crippen molar-refractivity contribution in [3.05, 3.63) is 64.7 Å². The normalized spacial score (nSPS) is 21.1. The molecular weight excluding hydrogens is 430 g/mol. The van der Waals surface area contributed by atoms with Crippen LogP contribution >= 0.6 is 0 Å². The number of carbonyl (C=O) groups excluding carboxylic acids is 2. The Hall–Kier alpha value is -3.28. The van der Waals surface area contributed by atoms with E-state index in [2.05, 4.69) is 6.92 Å². The van der Waals surface area contributed by atoms with Gasteiger partial charge in [0.2, 0.25) is 0 Å². The Kier molecular flexibility index (Phi) is 6.96. The molecule has 4 rings (SSSR count). The van der Waals surface area contributed by atoms with Gasteiger partial charge in [0, 0.05) is 18.5 Å². The summed E-state index contributed by atoms with van der Waals surface area (Å²) in [5.41, 5.74) is 2.36. The monoisotopic (exact) mass is 463 g/mol. The first kappa shape index (κ1) is 23.9. The summed E-state index contributed by atoms with van der Waals surface area (Å²) in [4.78, 5) is 27.9. The van der Waals surface area contributed by atoms with E-state index in [-0.39, 0.29) is 23.5 Å². The van der Waals surface area contributed by atoms with Gasteiger partial charge in [-0.15, -0.1) is 0 Å². The van der Waals surface area contributed by atoms with Gasteiger partial charge in [-0.3, -0.25) is 9.59 Å². The zero-order valence-corrected chi connectivity index (χ0v) is 20.3. The van der Waals surface area contributed by atoms with Crippen LogP contribution in [0.5, 0.6) is 11.5 Å². The maximum atomic E-state index is 13.2. The fourth-order valence-electron chi connectivity index (χ4n) is 4.74. The second-order valence-corrected chi connectivity index (χ2v) is 9.39. The molecule has 1 fully saturated rings. The van der Waals surface area contributed by atoms with E-state index < -0.39 is 17.7 Å². The fraction of sp³-hybridized carbons (Fsp3) is 0.429. The minimum Gasteiger partial charge on any atom is -0.507 e. The summed E-state index contributed by atoms with van der Waals surface area (Å²) in [6.07, 6.45) is 3.54. The second-order valence-electron chi connectivity index (χ2n) is 9.39. The number of benzene rings is 2. The van der Waals surface area contributed by atoms with Gasteiger partial charge in [0.15, 0.2) is 0 Å². The lowest BCUT2D eigenvalue weighted by molar-refractivity contribution is -0.139. The summed E-state index contributed by atoms with van der Waals surface area (Å²) in [5.74, 6) is 0.0728. The van der Waals surface area contributed by atoms with Crippen molar-refractivity contribution in [2.75, 3.05) is 6.54 Å². The number of nitrogens with zero attached hydrogens (tertiary/aromatic N) is 1. The molecule has 0 bridgehead atoms. The zero-order valence-electron chi connectivity index (χ0n) is 20.3. The first-order chi connectivity index (χ1) is 16.3. The number of unbranched alkanes of at least 4 members (excludes halogenated alkanes) is 2. The molecule has 2 unspecified atom stereocenters. The first-order valence-corrected chi connectivity index (χ1v) is 12.1. The van der Waals surface area contributed by atoms with Gasteiger partial charge in [0.1, 0.15) is 23.4 Å². The van der Waals surface area contributed by atoms with Crippen molar-refractivity contribution >= 4 is 17.4 Å². The predicted octanol–water partition coefficient (Wildman–Crippen LogP) is 5.41. The predicted molar refractivity (Wildman–Crippen MR) is 131 cm³/mol. The number of likely N-dealkylation sites (tertiary alicyclic amines) is 1. The van der Waals surface area contributed by atoms with Crippen LogP contribution in [0.25, 0.3) is 5.76 Å². The van der Waals surface area contributed by atoms with E-state index in [1.54, 1.807) is 11.0 Å². The van der Waals surface area contributed by atoms with Gasteiger partial charge in [-0.1, -0.05) is 31.9 Å². The molecule has 0 spiro atoms. The van der Waals surface area contributed by atoms with Crippen molar-refractivity contribution in [1.29, 1.82) is 0 Å². The number of fused-ring (bicyclic) bond motifs is 1. The van der Waals surface area contributed by atoms with E-state index in [9.17, 15) is 14.7 Å². The molecule has 6 nitrogen and oxygen atoms in total. The molecule has 2 aliphatic heterocycles. The first-order valence-electron chi connectivity index (χ1n) is 12.1. The number of rotatable bonds is 8. The summed E-state index contributed by atoms with van der Waals surface area (Å²) in [6, 6.07) is 12.2.